The van der Waals surface area contributed by atoms with E-state index in [1.54, 1.807) is 0 Å². The van der Waals surface area contributed by atoms with Crippen LogP contribution in [0.2, 0.25) is 0 Å². The van der Waals surface area contributed by atoms with E-state index in [2.05, 4.69) is 6.92 Å². The van der Waals surface area contributed by atoms with Crippen molar-refractivity contribution in [1.82, 2.24) is 0 Å². The maximum Gasteiger partial charge on any atom is 0.162 e. The van der Waals surface area contributed by atoms with Crippen molar-refractivity contribution in [2.24, 2.45) is 11.7 Å². The fourth-order valence-electron chi connectivity index (χ4n) is 1.13. The molecular weight excluding hydrogens is 166 g/mol. The molecule has 0 rings (SSSR count). The van der Waals surface area contributed by atoms with Gasteiger partial charge >= 0.3 is 0 Å². The summed E-state index contributed by atoms with van der Waals surface area (Å²) in [7, 11) is 0. The first-order valence-electron chi connectivity index (χ1n) is 4.96. The summed E-state index contributed by atoms with van der Waals surface area (Å²) in [6, 6.07) is 0. The third kappa shape index (κ3) is 5.77. The molecule has 0 fully saturated rings. The normalized spacial score (nSPS) is 13.3. The number of hydrogen-bond donors (Lipinski definition) is 1. The van der Waals surface area contributed by atoms with Gasteiger partial charge in [0.2, 0.25) is 0 Å². The lowest BCUT2D eigenvalue weighted by molar-refractivity contribution is -0.128. The van der Waals surface area contributed by atoms with E-state index in [0.29, 0.717) is 6.54 Å². The predicted octanol–water partition coefficient (Wildman–Crippen LogP) is 1.36. The van der Waals surface area contributed by atoms with Crippen molar-refractivity contribution < 1.29 is 9.53 Å². The van der Waals surface area contributed by atoms with Crippen LogP contribution in [0, 0.1) is 5.92 Å². The van der Waals surface area contributed by atoms with Gasteiger partial charge in [0.25, 0.3) is 0 Å². The fourth-order valence-corrected chi connectivity index (χ4v) is 1.13. The molecule has 13 heavy (non-hydrogen) atoms. The van der Waals surface area contributed by atoms with Crippen LogP contribution in [0.25, 0.3) is 0 Å². The number of Topliss-reactive ketones (excluding diaryl/α,β-unsaturated/α-hetero) is 1. The van der Waals surface area contributed by atoms with Crippen LogP contribution < -0.4 is 5.73 Å². The van der Waals surface area contributed by atoms with Crippen molar-refractivity contribution >= 4 is 5.78 Å². The highest BCUT2D eigenvalue weighted by Gasteiger charge is 2.15. The molecule has 0 heterocycles. The molecule has 0 bridgehead atoms. The van der Waals surface area contributed by atoms with Gasteiger partial charge in [-0.25, -0.2) is 0 Å². The van der Waals surface area contributed by atoms with Gasteiger partial charge in [-0.05, 0) is 20.3 Å². The Labute approximate surface area is 80.6 Å². The Balaban J connectivity index is 3.77. The van der Waals surface area contributed by atoms with E-state index in [4.69, 9.17) is 10.5 Å². The molecule has 1 unspecified atom stereocenters. The number of hydrogen-bond acceptors (Lipinski definition) is 3. The first-order valence-corrected chi connectivity index (χ1v) is 4.96. The summed E-state index contributed by atoms with van der Waals surface area (Å²) < 4.78 is 5.23. The lowest BCUT2D eigenvalue weighted by Gasteiger charge is -2.13. The van der Waals surface area contributed by atoms with Gasteiger partial charge in [0.1, 0.15) is 6.61 Å². The van der Waals surface area contributed by atoms with Gasteiger partial charge in [-0.15, -0.1) is 0 Å². The van der Waals surface area contributed by atoms with Crippen molar-refractivity contribution in [3.8, 4) is 0 Å². The van der Waals surface area contributed by atoms with Crippen LogP contribution in [-0.2, 0) is 9.53 Å². The number of carbonyl (C=O) groups is 1. The Hall–Kier alpha value is -0.410. The highest BCUT2D eigenvalue weighted by Crippen LogP contribution is 2.06. The van der Waals surface area contributed by atoms with Crippen molar-refractivity contribution in [2.45, 2.75) is 39.7 Å². The monoisotopic (exact) mass is 187 g/mol. The molecule has 2 N–H and O–H groups in total. The summed E-state index contributed by atoms with van der Waals surface area (Å²) in [5, 5.41) is 0. The van der Waals surface area contributed by atoms with Crippen molar-refractivity contribution in [1.29, 1.82) is 0 Å². The second-order valence-electron chi connectivity index (χ2n) is 3.55. The number of rotatable bonds is 7. The molecule has 0 saturated heterocycles. The van der Waals surface area contributed by atoms with E-state index < -0.39 is 0 Å². The highest BCUT2D eigenvalue weighted by atomic mass is 16.5. The molecule has 0 saturated carbocycles. The first-order chi connectivity index (χ1) is 6.11. The summed E-state index contributed by atoms with van der Waals surface area (Å²) >= 11 is 0. The van der Waals surface area contributed by atoms with E-state index in [9.17, 15) is 4.79 Å². The quantitative estimate of drug-likeness (QED) is 0.654. The molecule has 0 aliphatic carbocycles. The van der Waals surface area contributed by atoms with Gasteiger partial charge in [0.15, 0.2) is 5.78 Å². The molecule has 3 nitrogen and oxygen atoms in total. The van der Waals surface area contributed by atoms with Crippen molar-refractivity contribution in [2.75, 3.05) is 13.2 Å². The minimum absolute atomic E-state index is 0.0104. The molecule has 0 aliphatic rings. The minimum atomic E-state index is -0.0104. The molecule has 0 aromatic rings. The Morgan fingerprint density at radius 3 is 2.46 bits per heavy atom. The predicted molar refractivity (Wildman–Crippen MR) is 53.5 cm³/mol. The Morgan fingerprint density at radius 1 is 1.46 bits per heavy atom. The molecule has 3 heteroatoms. The maximum atomic E-state index is 11.5. The first kappa shape index (κ1) is 12.6. The molecule has 0 radical (unpaired) electrons. The third-order valence-corrected chi connectivity index (χ3v) is 1.94. The van der Waals surface area contributed by atoms with E-state index in [1.165, 1.54) is 0 Å². The average Bonchev–Trinajstić information content (AvgIpc) is 2.10. The highest BCUT2D eigenvalue weighted by molar-refractivity contribution is 5.82. The molecular formula is C10H21NO2. The summed E-state index contributed by atoms with van der Waals surface area (Å²) in [5.74, 6) is 0.127. The second kappa shape index (κ2) is 7.04. The topological polar surface area (TPSA) is 52.3 Å². The zero-order valence-corrected chi connectivity index (χ0v) is 8.88. The SMILES string of the molecule is CCCC(CN)C(=O)COC(C)C. The van der Waals surface area contributed by atoms with E-state index in [1.807, 2.05) is 13.8 Å². The summed E-state index contributed by atoms with van der Waals surface area (Å²) in [4.78, 5) is 11.5. The minimum Gasteiger partial charge on any atom is -0.371 e. The molecule has 1 atom stereocenters. The van der Waals surface area contributed by atoms with Gasteiger partial charge in [0.05, 0.1) is 6.10 Å². The van der Waals surface area contributed by atoms with E-state index in [0.717, 1.165) is 12.8 Å². The van der Waals surface area contributed by atoms with Crippen LogP contribution in [0.1, 0.15) is 33.6 Å². The Bertz CT molecular complexity index is 146. The molecule has 0 aromatic heterocycles. The van der Waals surface area contributed by atoms with Gasteiger partial charge < -0.3 is 10.5 Å². The van der Waals surface area contributed by atoms with Crippen LogP contribution in [0.4, 0.5) is 0 Å². The average molecular weight is 187 g/mol. The standard InChI is InChI=1S/C10H21NO2/c1-4-5-9(6-11)10(12)7-13-8(2)3/h8-9H,4-7,11H2,1-3H3. The summed E-state index contributed by atoms with van der Waals surface area (Å²) in [6.07, 6.45) is 1.98. The Kier molecular flexibility index (Phi) is 6.82. The van der Waals surface area contributed by atoms with E-state index in [-0.39, 0.29) is 24.4 Å². The van der Waals surface area contributed by atoms with Crippen molar-refractivity contribution in [3.63, 3.8) is 0 Å². The lowest BCUT2D eigenvalue weighted by atomic mass is 9.99. The summed E-state index contributed by atoms with van der Waals surface area (Å²) in [5.41, 5.74) is 5.49. The van der Waals surface area contributed by atoms with Crippen LogP contribution in [0.3, 0.4) is 0 Å². The Morgan fingerprint density at radius 2 is 2.08 bits per heavy atom. The zero-order valence-electron chi connectivity index (χ0n) is 8.88. The fraction of sp³-hybridized carbons (Fsp3) is 0.900. The smallest absolute Gasteiger partial charge is 0.162 e. The van der Waals surface area contributed by atoms with Crippen LogP contribution in [0.15, 0.2) is 0 Å². The van der Waals surface area contributed by atoms with Crippen molar-refractivity contribution in [3.05, 3.63) is 0 Å². The summed E-state index contributed by atoms with van der Waals surface area (Å²) in [6.45, 7) is 6.54. The number of ether oxygens (including phenoxy) is 1. The molecule has 0 aromatic carbocycles. The van der Waals surface area contributed by atoms with E-state index >= 15 is 0 Å². The maximum absolute atomic E-state index is 11.5. The lowest BCUT2D eigenvalue weighted by Crippen LogP contribution is -2.28. The van der Waals surface area contributed by atoms with Gasteiger partial charge in [-0.3, -0.25) is 4.79 Å². The third-order valence-electron chi connectivity index (χ3n) is 1.94. The largest absolute Gasteiger partial charge is 0.371 e. The van der Waals surface area contributed by atoms with Crippen LogP contribution >= 0.6 is 0 Å². The molecule has 78 valence electrons. The van der Waals surface area contributed by atoms with Gasteiger partial charge in [-0.1, -0.05) is 13.3 Å². The zero-order chi connectivity index (χ0) is 10.3. The van der Waals surface area contributed by atoms with Gasteiger partial charge in [0, 0.05) is 12.5 Å². The van der Waals surface area contributed by atoms with Crippen LogP contribution in [-0.4, -0.2) is 25.0 Å². The molecule has 0 amide bonds. The second-order valence-corrected chi connectivity index (χ2v) is 3.55. The molecule has 0 spiro atoms. The molecule has 0 aliphatic heterocycles. The number of nitrogens with two attached hydrogens (primary N) is 1. The number of ketones is 1. The van der Waals surface area contributed by atoms with Gasteiger partial charge in [-0.2, -0.15) is 0 Å². The van der Waals surface area contributed by atoms with Crippen LogP contribution in [0.5, 0.6) is 0 Å². The number of carbonyl (C=O) groups excluding carboxylic acids is 1.